The number of ether oxygens (including phenoxy) is 3. The summed E-state index contributed by atoms with van der Waals surface area (Å²) in [7, 11) is 1.61. The van der Waals surface area contributed by atoms with E-state index in [2.05, 4.69) is 13.8 Å². The molecule has 5 unspecified atom stereocenters. The standard InChI is InChI=1S/C29H33NO6/c1-5-35-23-14-19(8-11-22(23)31)25-24-26(32)21-13-16(2)12-17(3)27(21)36-28(24)29(33)30(25)15-18-6-9-20(34-4)10-7-18/h6-11,14,16-17,21,25,27,31H,5,12-13,15H2,1-4H3. The quantitative estimate of drug-likeness (QED) is 0.626. The lowest BCUT2D eigenvalue weighted by molar-refractivity contribution is -0.139. The Morgan fingerprint density at radius 2 is 1.83 bits per heavy atom. The molecule has 3 aliphatic rings. The minimum absolute atomic E-state index is 0.00117. The van der Waals surface area contributed by atoms with E-state index in [1.54, 1.807) is 30.2 Å². The van der Waals surface area contributed by atoms with Crippen molar-refractivity contribution in [2.75, 3.05) is 13.7 Å². The first-order chi connectivity index (χ1) is 17.3. The van der Waals surface area contributed by atoms with Gasteiger partial charge in [-0.05, 0) is 67.0 Å². The maximum atomic E-state index is 14.0. The molecule has 7 heteroatoms. The Hall–Kier alpha value is -3.48. The summed E-state index contributed by atoms with van der Waals surface area (Å²) in [4.78, 5) is 29.5. The first kappa shape index (κ1) is 24.2. The van der Waals surface area contributed by atoms with E-state index in [0.717, 1.165) is 24.2 Å². The molecule has 2 heterocycles. The van der Waals surface area contributed by atoms with Crippen LogP contribution in [0.5, 0.6) is 17.2 Å². The number of hydrogen-bond donors (Lipinski definition) is 1. The summed E-state index contributed by atoms with van der Waals surface area (Å²) in [5.41, 5.74) is 2.03. The van der Waals surface area contributed by atoms with E-state index in [1.807, 2.05) is 31.2 Å². The van der Waals surface area contributed by atoms with Gasteiger partial charge in [0, 0.05) is 6.54 Å². The van der Waals surface area contributed by atoms with Crippen molar-refractivity contribution in [3.63, 3.8) is 0 Å². The predicted molar refractivity (Wildman–Crippen MR) is 134 cm³/mol. The second-order valence-electron chi connectivity index (χ2n) is 10.2. The first-order valence-corrected chi connectivity index (χ1v) is 12.7. The summed E-state index contributed by atoms with van der Waals surface area (Å²) >= 11 is 0. The molecule has 2 aromatic rings. The van der Waals surface area contributed by atoms with Crippen molar-refractivity contribution in [2.24, 2.45) is 17.8 Å². The molecule has 0 bridgehead atoms. The van der Waals surface area contributed by atoms with Gasteiger partial charge < -0.3 is 24.2 Å². The van der Waals surface area contributed by atoms with Crippen LogP contribution in [0.2, 0.25) is 0 Å². The second kappa shape index (κ2) is 9.52. The Labute approximate surface area is 211 Å². The highest BCUT2D eigenvalue weighted by Crippen LogP contribution is 2.50. The molecule has 1 amide bonds. The van der Waals surface area contributed by atoms with E-state index >= 15 is 0 Å². The van der Waals surface area contributed by atoms with E-state index in [1.165, 1.54) is 0 Å². The minimum atomic E-state index is -0.629. The Kier molecular flexibility index (Phi) is 6.41. The number of phenolic OH excluding ortho intramolecular Hbond substituents is 1. The van der Waals surface area contributed by atoms with Gasteiger partial charge in [-0.3, -0.25) is 9.59 Å². The van der Waals surface area contributed by atoms with E-state index < -0.39 is 6.04 Å². The number of aromatic hydroxyl groups is 1. The van der Waals surface area contributed by atoms with Gasteiger partial charge in [-0.1, -0.05) is 32.0 Å². The van der Waals surface area contributed by atoms with Crippen LogP contribution in [-0.2, 0) is 20.9 Å². The predicted octanol–water partition coefficient (Wildman–Crippen LogP) is 4.79. The van der Waals surface area contributed by atoms with E-state index in [0.29, 0.717) is 36.0 Å². The average Bonchev–Trinajstić information content (AvgIpc) is 3.13. The molecule has 5 rings (SSSR count). The summed E-state index contributed by atoms with van der Waals surface area (Å²) in [6.07, 6.45) is 1.45. The number of carbonyl (C=O) groups is 2. The van der Waals surface area contributed by atoms with Crippen LogP contribution in [0.1, 0.15) is 50.8 Å². The van der Waals surface area contributed by atoms with Crippen LogP contribution in [0.4, 0.5) is 0 Å². The SMILES string of the molecule is CCOc1cc(C2C3=C(OC4C(C)CC(C)CC4C3=O)C(=O)N2Cc2ccc(OC)cc2)ccc1O. The van der Waals surface area contributed by atoms with Crippen LogP contribution < -0.4 is 9.47 Å². The van der Waals surface area contributed by atoms with Crippen molar-refractivity contribution >= 4 is 11.7 Å². The molecule has 1 aliphatic carbocycles. The molecular formula is C29H33NO6. The summed E-state index contributed by atoms with van der Waals surface area (Å²) in [5, 5.41) is 10.3. The largest absolute Gasteiger partial charge is 0.504 e. The number of hydrogen-bond acceptors (Lipinski definition) is 6. The third kappa shape index (κ3) is 4.10. The maximum Gasteiger partial charge on any atom is 0.290 e. The lowest BCUT2D eigenvalue weighted by Gasteiger charge is -2.41. The van der Waals surface area contributed by atoms with Crippen molar-refractivity contribution in [3.8, 4) is 17.2 Å². The lowest BCUT2D eigenvalue weighted by Crippen LogP contribution is -2.45. The van der Waals surface area contributed by atoms with Gasteiger partial charge in [-0.15, -0.1) is 0 Å². The van der Waals surface area contributed by atoms with Crippen molar-refractivity contribution < 1.29 is 28.9 Å². The number of methoxy groups -OCH3 is 1. The molecule has 5 atom stereocenters. The van der Waals surface area contributed by atoms with Crippen molar-refractivity contribution in [2.45, 2.75) is 52.3 Å². The van der Waals surface area contributed by atoms with Gasteiger partial charge in [0.15, 0.2) is 23.0 Å². The lowest BCUT2D eigenvalue weighted by atomic mass is 9.70. The Balaban J connectivity index is 1.58. The van der Waals surface area contributed by atoms with Crippen molar-refractivity contribution in [1.82, 2.24) is 4.90 Å². The molecule has 2 aliphatic heterocycles. The maximum absolute atomic E-state index is 14.0. The Bertz CT molecular complexity index is 1200. The van der Waals surface area contributed by atoms with Gasteiger partial charge >= 0.3 is 0 Å². The van der Waals surface area contributed by atoms with Gasteiger partial charge in [0.05, 0.1) is 31.2 Å². The Morgan fingerprint density at radius 3 is 2.53 bits per heavy atom. The Morgan fingerprint density at radius 1 is 1.08 bits per heavy atom. The number of carbonyl (C=O) groups excluding carboxylic acids is 2. The number of amides is 1. The highest BCUT2D eigenvalue weighted by atomic mass is 16.5. The fourth-order valence-electron chi connectivity index (χ4n) is 6.03. The van der Waals surface area contributed by atoms with Gasteiger partial charge in [0.2, 0.25) is 0 Å². The van der Waals surface area contributed by atoms with Gasteiger partial charge in [0.1, 0.15) is 11.9 Å². The first-order valence-electron chi connectivity index (χ1n) is 12.7. The van der Waals surface area contributed by atoms with Crippen molar-refractivity contribution in [1.29, 1.82) is 0 Å². The highest BCUT2D eigenvalue weighted by Gasteiger charge is 2.54. The zero-order valence-corrected chi connectivity index (χ0v) is 21.2. The molecule has 0 aromatic heterocycles. The molecule has 1 saturated carbocycles. The van der Waals surface area contributed by atoms with Crippen LogP contribution in [-0.4, -0.2) is 41.5 Å². The number of ketones is 1. The highest BCUT2D eigenvalue weighted by molar-refractivity contribution is 6.11. The number of Topliss-reactive ketones (excluding diaryl/α,β-unsaturated/α-hetero) is 1. The topological polar surface area (TPSA) is 85.3 Å². The van der Waals surface area contributed by atoms with Crippen LogP contribution in [0.25, 0.3) is 0 Å². The third-order valence-corrected chi connectivity index (χ3v) is 7.64. The average molecular weight is 492 g/mol. The van der Waals surface area contributed by atoms with Gasteiger partial charge in [-0.25, -0.2) is 0 Å². The molecule has 36 heavy (non-hydrogen) atoms. The normalized spacial score (nSPS) is 27.4. The molecule has 190 valence electrons. The van der Waals surface area contributed by atoms with Gasteiger partial charge in [0.25, 0.3) is 5.91 Å². The summed E-state index contributed by atoms with van der Waals surface area (Å²) < 4.78 is 17.3. The van der Waals surface area contributed by atoms with E-state index in [9.17, 15) is 14.7 Å². The third-order valence-electron chi connectivity index (χ3n) is 7.64. The fraction of sp³-hybridized carbons (Fsp3) is 0.448. The smallest absolute Gasteiger partial charge is 0.290 e. The van der Waals surface area contributed by atoms with Crippen LogP contribution in [0.15, 0.2) is 53.8 Å². The van der Waals surface area contributed by atoms with E-state index in [-0.39, 0.29) is 41.1 Å². The molecule has 0 radical (unpaired) electrons. The molecular weight excluding hydrogens is 458 g/mol. The van der Waals surface area contributed by atoms with Gasteiger partial charge in [-0.2, -0.15) is 0 Å². The summed E-state index contributed by atoms with van der Waals surface area (Å²) in [6.45, 7) is 6.79. The molecule has 1 fully saturated rings. The summed E-state index contributed by atoms with van der Waals surface area (Å²) in [6, 6.07) is 11.9. The minimum Gasteiger partial charge on any atom is -0.504 e. The number of rotatable bonds is 6. The molecule has 1 N–H and O–H groups in total. The van der Waals surface area contributed by atoms with Crippen LogP contribution in [0.3, 0.4) is 0 Å². The molecule has 2 aromatic carbocycles. The second-order valence-corrected chi connectivity index (χ2v) is 10.2. The fourth-order valence-corrected chi connectivity index (χ4v) is 6.03. The number of nitrogens with zero attached hydrogens (tertiary/aromatic N) is 1. The number of phenols is 1. The number of benzene rings is 2. The molecule has 0 spiro atoms. The zero-order chi connectivity index (χ0) is 25.6. The van der Waals surface area contributed by atoms with Crippen molar-refractivity contribution in [3.05, 3.63) is 64.9 Å². The molecule has 0 saturated heterocycles. The zero-order valence-electron chi connectivity index (χ0n) is 21.2. The van der Waals surface area contributed by atoms with Crippen LogP contribution in [0, 0.1) is 17.8 Å². The van der Waals surface area contributed by atoms with E-state index in [4.69, 9.17) is 14.2 Å². The molecule has 7 nitrogen and oxygen atoms in total. The van der Waals surface area contributed by atoms with Crippen LogP contribution >= 0.6 is 0 Å². The summed E-state index contributed by atoms with van der Waals surface area (Å²) in [5.74, 6) is 1.30. The number of fused-ring (bicyclic) bond motifs is 1. The monoisotopic (exact) mass is 491 g/mol.